The van der Waals surface area contributed by atoms with E-state index in [0.717, 1.165) is 19.0 Å². The monoisotopic (exact) mass is 296 g/mol. The zero-order valence-corrected chi connectivity index (χ0v) is 15.6. The van der Waals surface area contributed by atoms with E-state index in [-0.39, 0.29) is 0 Å². The summed E-state index contributed by atoms with van der Waals surface area (Å²) >= 11 is 0. The lowest BCUT2D eigenvalue weighted by molar-refractivity contribution is 0.151. The number of hydrogen-bond acceptors (Lipinski definition) is 2. The van der Waals surface area contributed by atoms with Crippen LogP contribution in [0.5, 0.6) is 0 Å². The first-order valence-corrected chi connectivity index (χ1v) is 9.24. The molecular weight excluding hydrogens is 256 g/mol. The highest BCUT2D eigenvalue weighted by Gasteiger charge is 2.30. The standard InChI is InChI=1S/C19H40N2/c1-7-12-20-15-19(6,8-2)16-21-13-9-10-17(11-14-21)18(3,4)5/h17,20H,7-16H2,1-6H3. The van der Waals surface area contributed by atoms with Gasteiger partial charge in [-0.1, -0.05) is 41.5 Å². The fourth-order valence-electron chi connectivity index (χ4n) is 3.58. The average molecular weight is 297 g/mol. The highest BCUT2D eigenvalue weighted by Crippen LogP contribution is 2.35. The number of nitrogens with one attached hydrogen (secondary N) is 1. The minimum absolute atomic E-state index is 0.427. The van der Waals surface area contributed by atoms with Crippen LogP contribution < -0.4 is 5.32 Å². The van der Waals surface area contributed by atoms with Crippen LogP contribution >= 0.6 is 0 Å². The maximum atomic E-state index is 3.64. The predicted molar refractivity (Wildman–Crippen MR) is 94.8 cm³/mol. The molecule has 1 fully saturated rings. The van der Waals surface area contributed by atoms with Crippen LogP contribution in [0.15, 0.2) is 0 Å². The van der Waals surface area contributed by atoms with E-state index in [9.17, 15) is 0 Å². The second-order valence-corrected chi connectivity index (χ2v) is 8.61. The van der Waals surface area contributed by atoms with Crippen molar-refractivity contribution in [3.63, 3.8) is 0 Å². The highest BCUT2D eigenvalue weighted by molar-refractivity contribution is 4.83. The molecule has 0 saturated carbocycles. The summed E-state index contributed by atoms with van der Waals surface area (Å²) in [6.07, 6.45) is 6.67. The summed E-state index contributed by atoms with van der Waals surface area (Å²) < 4.78 is 0. The fraction of sp³-hybridized carbons (Fsp3) is 1.00. The molecule has 2 unspecified atom stereocenters. The smallest absolute Gasteiger partial charge is 0.00474 e. The average Bonchev–Trinajstić information content (AvgIpc) is 2.64. The summed E-state index contributed by atoms with van der Waals surface area (Å²) in [6, 6.07) is 0. The first-order valence-electron chi connectivity index (χ1n) is 9.24. The van der Waals surface area contributed by atoms with Crippen LogP contribution in [-0.2, 0) is 0 Å². The van der Waals surface area contributed by atoms with Crippen molar-refractivity contribution in [1.82, 2.24) is 10.2 Å². The van der Waals surface area contributed by atoms with Crippen molar-refractivity contribution < 1.29 is 0 Å². The Bertz CT molecular complexity index is 282. The van der Waals surface area contributed by atoms with E-state index >= 15 is 0 Å². The number of rotatable bonds is 7. The summed E-state index contributed by atoms with van der Waals surface area (Å²) in [4.78, 5) is 2.74. The third kappa shape index (κ3) is 6.69. The van der Waals surface area contributed by atoms with Gasteiger partial charge in [-0.05, 0) is 68.5 Å². The first-order chi connectivity index (χ1) is 9.80. The Hall–Kier alpha value is -0.0800. The summed E-state index contributed by atoms with van der Waals surface area (Å²) in [5.41, 5.74) is 0.906. The van der Waals surface area contributed by atoms with Crippen LogP contribution in [0.3, 0.4) is 0 Å². The lowest BCUT2D eigenvalue weighted by Gasteiger charge is -2.35. The summed E-state index contributed by atoms with van der Waals surface area (Å²) in [6.45, 7) is 20.5. The zero-order chi connectivity index (χ0) is 15.9. The van der Waals surface area contributed by atoms with Gasteiger partial charge in [-0.2, -0.15) is 0 Å². The van der Waals surface area contributed by atoms with Gasteiger partial charge in [0.2, 0.25) is 0 Å². The first kappa shape index (κ1) is 19.0. The van der Waals surface area contributed by atoms with Crippen LogP contribution in [0.4, 0.5) is 0 Å². The van der Waals surface area contributed by atoms with Crippen molar-refractivity contribution in [2.45, 2.75) is 73.6 Å². The lowest BCUT2D eigenvalue weighted by atomic mass is 9.77. The molecule has 1 heterocycles. The van der Waals surface area contributed by atoms with E-state index in [1.807, 2.05) is 0 Å². The molecule has 1 aliphatic heterocycles. The Morgan fingerprint density at radius 2 is 1.76 bits per heavy atom. The topological polar surface area (TPSA) is 15.3 Å². The number of hydrogen-bond donors (Lipinski definition) is 1. The zero-order valence-electron chi connectivity index (χ0n) is 15.6. The van der Waals surface area contributed by atoms with Gasteiger partial charge in [0.25, 0.3) is 0 Å². The van der Waals surface area contributed by atoms with E-state index in [4.69, 9.17) is 0 Å². The molecular formula is C19H40N2. The summed E-state index contributed by atoms with van der Waals surface area (Å²) in [5.74, 6) is 0.897. The van der Waals surface area contributed by atoms with Crippen LogP contribution in [0.25, 0.3) is 0 Å². The van der Waals surface area contributed by atoms with Crippen molar-refractivity contribution in [3.8, 4) is 0 Å². The SMILES string of the molecule is CCCNCC(C)(CC)CN1CCCC(C(C)(C)C)CC1. The molecule has 1 N–H and O–H groups in total. The normalized spacial score (nSPS) is 24.6. The second-order valence-electron chi connectivity index (χ2n) is 8.61. The largest absolute Gasteiger partial charge is 0.316 e. The molecule has 0 aromatic carbocycles. The molecule has 0 aromatic rings. The highest BCUT2D eigenvalue weighted by atomic mass is 15.1. The van der Waals surface area contributed by atoms with Crippen LogP contribution in [0.2, 0.25) is 0 Å². The third-order valence-electron chi connectivity index (χ3n) is 5.48. The molecule has 126 valence electrons. The van der Waals surface area contributed by atoms with Gasteiger partial charge >= 0.3 is 0 Å². The van der Waals surface area contributed by atoms with Crippen LogP contribution in [0.1, 0.15) is 73.6 Å². The van der Waals surface area contributed by atoms with Crippen molar-refractivity contribution in [1.29, 1.82) is 0 Å². The molecule has 1 rings (SSSR count). The van der Waals surface area contributed by atoms with Gasteiger partial charge < -0.3 is 10.2 Å². The van der Waals surface area contributed by atoms with Gasteiger partial charge in [0.05, 0.1) is 0 Å². The fourth-order valence-corrected chi connectivity index (χ4v) is 3.58. The van der Waals surface area contributed by atoms with Gasteiger partial charge in [-0.3, -0.25) is 0 Å². The van der Waals surface area contributed by atoms with Gasteiger partial charge in [0.1, 0.15) is 0 Å². The van der Waals surface area contributed by atoms with Crippen molar-refractivity contribution in [3.05, 3.63) is 0 Å². The van der Waals surface area contributed by atoms with Crippen molar-refractivity contribution in [2.75, 3.05) is 32.7 Å². The Labute approximate surface area is 134 Å². The summed E-state index contributed by atoms with van der Waals surface area (Å²) in [5, 5.41) is 3.64. The van der Waals surface area contributed by atoms with Crippen LogP contribution in [-0.4, -0.2) is 37.6 Å². The molecule has 1 aliphatic rings. The maximum Gasteiger partial charge on any atom is 0.00474 e. The third-order valence-corrected chi connectivity index (χ3v) is 5.48. The van der Waals surface area contributed by atoms with E-state index in [1.54, 1.807) is 0 Å². The van der Waals surface area contributed by atoms with E-state index in [2.05, 4.69) is 51.8 Å². The number of likely N-dealkylation sites (tertiary alicyclic amines) is 1. The quantitative estimate of drug-likeness (QED) is 0.693. The molecule has 0 spiro atoms. The lowest BCUT2D eigenvalue weighted by Crippen LogP contribution is -2.42. The van der Waals surface area contributed by atoms with E-state index in [0.29, 0.717) is 10.8 Å². The summed E-state index contributed by atoms with van der Waals surface area (Å²) in [7, 11) is 0. The molecule has 2 heteroatoms. The minimum atomic E-state index is 0.427. The molecule has 2 nitrogen and oxygen atoms in total. The Morgan fingerprint density at radius 1 is 1.05 bits per heavy atom. The second kappa shape index (κ2) is 8.53. The van der Waals surface area contributed by atoms with Crippen LogP contribution in [0, 0.1) is 16.7 Å². The molecule has 0 aromatic heterocycles. The van der Waals surface area contributed by atoms with Gasteiger partial charge in [-0.25, -0.2) is 0 Å². The van der Waals surface area contributed by atoms with Crippen molar-refractivity contribution in [2.24, 2.45) is 16.7 Å². The molecule has 0 aliphatic carbocycles. The van der Waals surface area contributed by atoms with E-state index < -0.39 is 0 Å². The molecule has 0 radical (unpaired) electrons. The molecule has 1 saturated heterocycles. The minimum Gasteiger partial charge on any atom is -0.316 e. The van der Waals surface area contributed by atoms with Crippen molar-refractivity contribution >= 4 is 0 Å². The maximum absolute atomic E-state index is 3.64. The van der Waals surface area contributed by atoms with Gasteiger partial charge in [0, 0.05) is 13.1 Å². The molecule has 0 amide bonds. The molecule has 2 atom stereocenters. The van der Waals surface area contributed by atoms with Gasteiger partial charge in [0.15, 0.2) is 0 Å². The Kier molecular flexibility index (Phi) is 7.70. The van der Waals surface area contributed by atoms with Gasteiger partial charge in [-0.15, -0.1) is 0 Å². The van der Waals surface area contributed by atoms with E-state index in [1.165, 1.54) is 51.7 Å². The molecule has 0 bridgehead atoms. The Morgan fingerprint density at radius 3 is 2.33 bits per heavy atom. The predicted octanol–water partition coefficient (Wildman–Crippen LogP) is 4.55. The number of nitrogens with zero attached hydrogens (tertiary/aromatic N) is 1. The Balaban J connectivity index is 2.49. The molecule has 21 heavy (non-hydrogen) atoms.